The highest BCUT2D eigenvalue weighted by Gasteiger charge is 2.31. The molecule has 1 unspecified atom stereocenters. The van der Waals surface area contributed by atoms with Crippen LogP contribution in [0.4, 0.5) is 5.69 Å². The summed E-state index contributed by atoms with van der Waals surface area (Å²) in [5, 5.41) is 3.03. The molecule has 0 saturated carbocycles. The van der Waals surface area contributed by atoms with E-state index in [1.807, 2.05) is 73.7 Å². The molecule has 1 atom stereocenters. The fourth-order valence-electron chi connectivity index (χ4n) is 3.93. The smallest absolute Gasteiger partial charge is 0.259 e. The van der Waals surface area contributed by atoms with Gasteiger partial charge in [0.25, 0.3) is 11.8 Å². The van der Waals surface area contributed by atoms with Gasteiger partial charge in [-0.25, -0.2) is 0 Å². The van der Waals surface area contributed by atoms with Crippen LogP contribution in [-0.4, -0.2) is 24.6 Å². The van der Waals surface area contributed by atoms with Crippen LogP contribution >= 0.6 is 0 Å². The molecular weight excluding hydrogens is 388 g/mol. The van der Waals surface area contributed by atoms with Crippen LogP contribution in [0.5, 0.6) is 5.75 Å². The first-order valence-electron chi connectivity index (χ1n) is 10.6. The van der Waals surface area contributed by atoms with E-state index in [1.165, 1.54) is 0 Å². The minimum absolute atomic E-state index is 0.102. The monoisotopic (exact) mass is 414 g/mol. The molecule has 31 heavy (non-hydrogen) atoms. The molecule has 0 aromatic heterocycles. The molecule has 1 aliphatic rings. The van der Waals surface area contributed by atoms with E-state index < -0.39 is 6.17 Å². The van der Waals surface area contributed by atoms with Gasteiger partial charge in [-0.1, -0.05) is 48.5 Å². The van der Waals surface area contributed by atoms with Crippen LogP contribution in [0.15, 0.2) is 78.9 Å². The fraction of sp³-hybridized carbons (Fsp3) is 0.231. The Labute approximate surface area is 182 Å². The average Bonchev–Trinajstić information content (AvgIpc) is 2.97. The molecule has 3 aromatic carbocycles. The Morgan fingerprint density at radius 1 is 1.00 bits per heavy atom. The zero-order valence-corrected chi connectivity index (χ0v) is 17.6. The van der Waals surface area contributed by atoms with Gasteiger partial charge in [-0.05, 0) is 67.6 Å². The highest BCUT2D eigenvalue weighted by Crippen LogP contribution is 2.30. The predicted molar refractivity (Wildman–Crippen MR) is 121 cm³/mol. The van der Waals surface area contributed by atoms with Gasteiger partial charge in [-0.15, -0.1) is 0 Å². The van der Waals surface area contributed by atoms with Crippen molar-refractivity contribution in [1.29, 1.82) is 0 Å². The number of amides is 2. The van der Waals surface area contributed by atoms with Gasteiger partial charge in [-0.2, -0.15) is 0 Å². The molecule has 5 nitrogen and oxygen atoms in total. The summed E-state index contributed by atoms with van der Waals surface area (Å²) in [5.41, 5.74) is 3.62. The van der Waals surface area contributed by atoms with Crippen molar-refractivity contribution >= 4 is 17.5 Å². The van der Waals surface area contributed by atoms with Gasteiger partial charge in [0.2, 0.25) is 0 Å². The first-order chi connectivity index (χ1) is 15.1. The Balaban J connectivity index is 1.55. The summed E-state index contributed by atoms with van der Waals surface area (Å²) in [7, 11) is 0. The van der Waals surface area contributed by atoms with Gasteiger partial charge >= 0.3 is 0 Å². The average molecular weight is 415 g/mol. The van der Waals surface area contributed by atoms with Crippen molar-refractivity contribution in [3.8, 4) is 5.75 Å². The van der Waals surface area contributed by atoms with E-state index >= 15 is 0 Å². The molecule has 1 N–H and O–H groups in total. The summed E-state index contributed by atoms with van der Waals surface area (Å²) in [4.78, 5) is 27.9. The number of rotatable bonds is 5. The molecular formula is C26H26N2O3. The molecule has 0 saturated heterocycles. The summed E-state index contributed by atoms with van der Waals surface area (Å²) in [6.45, 7) is 1.87. The maximum atomic E-state index is 13.5. The van der Waals surface area contributed by atoms with Crippen LogP contribution in [0.3, 0.4) is 0 Å². The largest absolute Gasteiger partial charge is 0.484 e. The highest BCUT2D eigenvalue weighted by atomic mass is 16.5. The molecule has 1 aliphatic heterocycles. The second kappa shape index (κ2) is 9.47. The lowest BCUT2D eigenvalue weighted by Gasteiger charge is -2.32. The first kappa shape index (κ1) is 20.7. The number of nitrogens with zero attached hydrogens (tertiary/aromatic N) is 1. The third-order valence-corrected chi connectivity index (χ3v) is 5.41. The van der Waals surface area contributed by atoms with Gasteiger partial charge < -0.3 is 10.1 Å². The number of fused-ring (bicyclic) bond motifs is 1. The second-order valence-corrected chi connectivity index (χ2v) is 7.75. The maximum absolute atomic E-state index is 13.5. The van der Waals surface area contributed by atoms with E-state index in [9.17, 15) is 9.59 Å². The Hall–Kier alpha value is -3.60. The predicted octanol–water partition coefficient (Wildman–Crippen LogP) is 4.50. The van der Waals surface area contributed by atoms with Crippen molar-refractivity contribution in [1.82, 2.24) is 5.32 Å². The molecule has 0 bridgehead atoms. The van der Waals surface area contributed by atoms with E-state index in [-0.39, 0.29) is 18.4 Å². The topological polar surface area (TPSA) is 58.6 Å². The van der Waals surface area contributed by atoms with Gasteiger partial charge in [0.15, 0.2) is 6.61 Å². The minimum Gasteiger partial charge on any atom is -0.484 e. The Kier molecular flexibility index (Phi) is 6.32. The highest BCUT2D eigenvalue weighted by molar-refractivity contribution is 6.07. The molecule has 1 heterocycles. The lowest BCUT2D eigenvalue weighted by atomic mass is 10.1. The van der Waals surface area contributed by atoms with Gasteiger partial charge in [0, 0.05) is 11.3 Å². The second-order valence-electron chi connectivity index (χ2n) is 7.75. The third kappa shape index (κ3) is 4.94. The Bertz CT molecular complexity index is 1070. The first-order valence-corrected chi connectivity index (χ1v) is 10.6. The van der Waals surface area contributed by atoms with Crippen molar-refractivity contribution in [2.75, 3.05) is 11.5 Å². The number of para-hydroxylation sites is 1. The number of anilines is 1. The summed E-state index contributed by atoms with van der Waals surface area (Å²) >= 11 is 0. The van der Waals surface area contributed by atoms with Gasteiger partial charge in [0.1, 0.15) is 11.9 Å². The van der Waals surface area contributed by atoms with Crippen molar-refractivity contribution in [2.45, 2.75) is 32.4 Å². The van der Waals surface area contributed by atoms with E-state index in [0.29, 0.717) is 17.7 Å². The summed E-state index contributed by atoms with van der Waals surface area (Å²) < 4.78 is 5.66. The van der Waals surface area contributed by atoms with Gasteiger partial charge in [-0.3, -0.25) is 14.5 Å². The number of carbonyl (C=O) groups excluding carboxylic acids is 2. The normalized spacial score (nSPS) is 15.5. The molecule has 0 radical (unpaired) electrons. The maximum Gasteiger partial charge on any atom is 0.259 e. The number of aryl methyl sites for hydroxylation is 2. The van der Waals surface area contributed by atoms with Crippen LogP contribution in [-0.2, 0) is 11.2 Å². The lowest BCUT2D eigenvalue weighted by Crippen LogP contribution is -2.52. The van der Waals surface area contributed by atoms with Crippen LogP contribution in [0.1, 0.15) is 34.3 Å². The molecule has 4 rings (SSSR count). The fourth-order valence-corrected chi connectivity index (χ4v) is 3.93. The summed E-state index contributed by atoms with van der Waals surface area (Å²) in [6, 6.07) is 24.7. The van der Waals surface area contributed by atoms with Crippen molar-refractivity contribution in [3.05, 3.63) is 95.6 Å². The molecule has 158 valence electrons. The molecule has 0 spiro atoms. The SMILES string of the molecule is Cc1cccc(OCC(=O)NC2CCCc3ccccc3N2C(=O)c2ccccc2)c1. The Morgan fingerprint density at radius 3 is 2.58 bits per heavy atom. The zero-order chi connectivity index (χ0) is 21.6. The molecule has 0 fully saturated rings. The summed E-state index contributed by atoms with van der Waals surface area (Å²) in [5.74, 6) is 0.273. The summed E-state index contributed by atoms with van der Waals surface area (Å²) in [6.07, 6.45) is 1.97. The van der Waals surface area contributed by atoms with E-state index in [1.54, 1.807) is 17.0 Å². The van der Waals surface area contributed by atoms with Crippen molar-refractivity contribution in [2.24, 2.45) is 0 Å². The quantitative estimate of drug-likeness (QED) is 0.669. The standard InChI is InChI=1S/C26H26N2O3/c1-19-9-7-14-22(17-19)31-18-25(29)27-24-16-8-13-20-10-5-6-15-23(20)28(24)26(30)21-11-3-2-4-12-21/h2-7,9-12,14-15,17,24H,8,13,16,18H2,1H3,(H,27,29). The van der Waals surface area contributed by atoms with Crippen LogP contribution in [0.25, 0.3) is 0 Å². The molecule has 0 aliphatic carbocycles. The van der Waals surface area contributed by atoms with E-state index in [4.69, 9.17) is 4.74 Å². The van der Waals surface area contributed by atoms with Gasteiger partial charge in [0.05, 0.1) is 0 Å². The van der Waals surface area contributed by atoms with Crippen molar-refractivity contribution < 1.29 is 14.3 Å². The molecule has 3 aromatic rings. The van der Waals surface area contributed by atoms with E-state index in [2.05, 4.69) is 5.32 Å². The van der Waals surface area contributed by atoms with Crippen LogP contribution < -0.4 is 15.0 Å². The lowest BCUT2D eigenvalue weighted by molar-refractivity contribution is -0.123. The van der Waals surface area contributed by atoms with E-state index in [0.717, 1.165) is 29.7 Å². The number of hydrogen-bond donors (Lipinski definition) is 1. The number of benzene rings is 3. The van der Waals surface area contributed by atoms with Crippen LogP contribution in [0.2, 0.25) is 0 Å². The van der Waals surface area contributed by atoms with Crippen LogP contribution in [0, 0.1) is 6.92 Å². The number of hydrogen-bond acceptors (Lipinski definition) is 3. The zero-order valence-electron chi connectivity index (χ0n) is 17.6. The number of carbonyl (C=O) groups is 2. The molecule has 5 heteroatoms. The van der Waals surface area contributed by atoms with Crippen molar-refractivity contribution in [3.63, 3.8) is 0 Å². The minimum atomic E-state index is -0.440. The number of nitrogens with one attached hydrogen (secondary N) is 1. The third-order valence-electron chi connectivity index (χ3n) is 5.41. The number of ether oxygens (including phenoxy) is 1. The Morgan fingerprint density at radius 2 is 1.77 bits per heavy atom. The molecule has 2 amide bonds.